The van der Waals surface area contributed by atoms with Crippen LogP contribution in [-0.4, -0.2) is 34.3 Å². The summed E-state index contributed by atoms with van der Waals surface area (Å²) in [6.07, 6.45) is 8.37. The van der Waals surface area contributed by atoms with Crippen LogP contribution < -0.4 is 5.32 Å². The third kappa shape index (κ3) is 2.80. The Bertz CT molecular complexity index is 967. The van der Waals surface area contributed by atoms with E-state index < -0.39 is 17.5 Å². The number of aliphatic carboxylic acids is 1. The summed E-state index contributed by atoms with van der Waals surface area (Å²) in [5.41, 5.74) is 0.188. The van der Waals surface area contributed by atoms with Crippen LogP contribution >= 0.6 is 23.2 Å². The van der Waals surface area contributed by atoms with Gasteiger partial charge in [0.15, 0.2) is 0 Å². The molecule has 2 N–H and O–H groups in total. The van der Waals surface area contributed by atoms with Crippen LogP contribution in [0.15, 0.2) is 35.5 Å². The van der Waals surface area contributed by atoms with Crippen LogP contribution in [0.2, 0.25) is 10.0 Å². The molecule has 2 unspecified atom stereocenters. The van der Waals surface area contributed by atoms with Crippen molar-refractivity contribution in [2.45, 2.75) is 50.2 Å². The minimum atomic E-state index is -1.06. The number of nitrogens with zero attached hydrogens (tertiary/aromatic N) is 1. The van der Waals surface area contributed by atoms with Crippen molar-refractivity contribution in [3.8, 4) is 0 Å². The molecule has 4 atom stereocenters. The van der Waals surface area contributed by atoms with E-state index in [1.807, 2.05) is 0 Å². The Morgan fingerprint density at radius 1 is 1.13 bits per heavy atom. The van der Waals surface area contributed by atoms with E-state index in [0.29, 0.717) is 22.2 Å². The van der Waals surface area contributed by atoms with Crippen molar-refractivity contribution in [2.75, 3.05) is 0 Å². The summed E-state index contributed by atoms with van der Waals surface area (Å²) >= 11 is 12.4. The first-order chi connectivity index (χ1) is 14.3. The first-order valence-electron chi connectivity index (χ1n) is 10.3. The average Bonchev–Trinajstić information content (AvgIpc) is 3.32. The highest BCUT2D eigenvalue weighted by atomic mass is 35.5. The predicted molar refractivity (Wildman–Crippen MR) is 113 cm³/mol. The van der Waals surface area contributed by atoms with Gasteiger partial charge in [0, 0.05) is 27.1 Å². The molecule has 1 aromatic carbocycles. The van der Waals surface area contributed by atoms with E-state index in [1.54, 1.807) is 30.4 Å². The second-order valence-electron chi connectivity index (χ2n) is 8.83. The number of carbonyl (C=O) groups is 2. The van der Waals surface area contributed by atoms with Crippen LogP contribution in [0, 0.1) is 17.3 Å². The number of rotatable bonds is 4. The second-order valence-corrected chi connectivity index (χ2v) is 9.70. The molecule has 6 nitrogen and oxygen atoms in total. The third-order valence-corrected chi connectivity index (χ3v) is 7.77. The lowest BCUT2D eigenvalue weighted by molar-refractivity contribution is -0.176. The average molecular weight is 449 g/mol. The standard InChI is InChI=1S/C22H22Cl2N2O4/c23-14-8-13(9-15(24)11-14)18-17-4-7-21(5-1-6-21)22(17,30-26-18)20(29)25-16-3-2-12(10-16)19(27)28/h2-3,8-9,11-12,16-17H,1,4-7,10H2,(H,25,29)(H,27,28)/t12-,16+,17?,22?/m1/s1. The Hall–Kier alpha value is -2.05. The van der Waals surface area contributed by atoms with Gasteiger partial charge in [0.1, 0.15) is 0 Å². The lowest BCUT2D eigenvalue weighted by Gasteiger charge is -2.48. The maximum absolute atomic E-state index is 13.7. The quantitative estimate of drug-likeness (QED) is 0.675. The predicted octanol–water partition coefficient (Wildman–Crippen LogP) is 4.19. The minimum Gasteiger partial charge on any atom is -0.481 e. The normalized spacial score (nSPS) is 33.0. The zero-order chi connectivity index (χ0) is 21.1. The van der Waals surface area contributed by atoms with Crippen LogP contribution in [0.25, 0.3) is 0 Å². The van der Waals surface area contributed by atoms with Gasteiger partial charge in [-0.15, -0.1) is 0 Å². The van der Waals surface area contributed by atoms with E-state index in [-0.39, 0.29) is 23.3 Å². The van der Waals surface area contributed by atoms with Gasteiger partial charge in [-0.05, 0) is 50.3 Å². The number of carboxylic acid groups (broad SMARTS) is 1. The summed E-state index contributed by atoms with van der Waals surface area (Å²) in [6, 6.07) is 4.94. The van der Waals surface area contributed by atoms with Crippen molar-refractivity contribution in [2.24, 2.45) is 22.4 Å². The molecule has 0 saturated heterocycles. The van der Waals surface area contributed by atoms with Gasteiger partial charge in [-0.1, -0.05) is 46.9 Å². The Labute approximate surface area is 184 Å². The number of carbonyl (C=O) groups excluding carboxylic acids is 1. The van der Waals surface area contributed by atoms with Crippen LogP contribution in [-0.2, 0) is 14.4 Å². The zero-order valence-electron chi connectivity index (χ0n) is 16.2. The highest BCUT2D eigenvalue weighted by Crippen LogP contribution is 2.65. The Kier molecular flexibility index (Phi) is 4.63. The van der Waals surface area contributed by atoms with Gasteiger partial charge in [0.05, 0.1) is 17.5 Å². The van der Waals surface area contributed by atoms with E-state index in [1.165, 1.54) is 0 Å². The van der Waals surface area contributed by atoms with Gasteiger partial charge in [-0.25, -0.2) is 0 Å². The summed E-state index contributed by atoms with van der Waals surface area (Å²) in [6.45, 7) is 0. The number of carboxylic acids is 1. The molecule has 0 aromatic heterocycles. The maximum Gasteiger partial charge on any atom is 0.310 e. The largest absolute Gasteiger partial charge is 0.481 e. The molecule has 1 aromatic rings. The van der Waals surface area contributed by atoms with Crippen molar-refractivity contribution >= 4 is 40.8 Å². The number of fused-ring (bicyclic) bond motifs is 2. The Morgan fingerprint density at radius 2 is 1.87 bits per heavy atom. The molecule has 3 aliphatic carbocycles. The fourth-order valence-corrected chi connectivity index (χ4v) is 6.27. The number of hydrogen-bond acceptors (Lipinski definition) is 4. The van der Waals surface area contributed by atoms with Gasteiger partial charge in [0.2, 0.25) is 5.60 Å². The lowest BCUT2D eigenvalue weighted by Crippen LogP contribution is -2.62. The summed E-state index contributed by atoms with van der Waals surface area (Å²) in [5, 5.41) is 17.7. The zero-order valence-corrected chi connectivity index (χ0v) is 17.7. The molecular weight excluding hydrogens is 427 g/mol. The number of halogens is 2. The van der Waals surface area contributed by atoms with Crippen LogP contribution in [0.4, 0.5) is 0 Å². The molecule has 30 heavy (non-hydrogen) atoms. The molecule has 0 bridgehead atoms. The molecule has 1 heterocycles. The topological polar surface area (TPSA) is 88.0 Å². The van der Waals surface area contributed by atoms with Crippen molar-refractivity contribution in [3.63, 3.8) is 0 Å². The first-order valence-corrected chi connectivity index (χ1v) is 11.0. The van der Waals surface area contributed by atoms with E-state index in [9.17, 15) is 14.7 Å². The fourth-order valence-electron chi connectivity index (χ4n) is 5.74. The Morgan fingerprint density at radius 3 is 2.47 bits per heavy atom. The van der Waals surface area contributed by atoms with Crippen molar-refractivity contribution < 1.29 is 19.5 Å². The van der Waals surface area contributed by atoms with Gasteiger partial charge in [-0.3, -0.25) is 9.59 Å². The van der Waals surface area contributed by atoms with Crippen LogP contribution in [0.5, 0.6) is 0 Å². The van der Waals surface area contributed by atoms with Gasteiger partial charge in [-0.2, -0.15) is 0 Å². The van der Waals surface area contributed by atoms with Crippen molar-refractivity contribution in [1.82, 2.24) is 5.32 Å². The summed E-state index contributed by atoms with van der Waals surface area (Å²) in [4.78, 5) is 31.0. The Balaban J connectivity index is 1.45. The smallest absolute Gasteiger partial charge is 0.310 e. The highest BCUT2D eigenvalue weighted by molar-refractivity contribution is 6.35. The molecule has 2 saturated carbocycles. The number of hydrogen-bond donors (Lipinski definition) is 2. The van der Waals surface area contributed by atoms with Crippen LogP contribution in [0.1, 0.15) is 44.1 Å². The minimum absolute atomic E-state index is 0.187. The molecule has 0 radical (unpaired) electrons. The molecule has 158 valence electrons. The fraction of sp³-hybridized carbons (Fsp3) is 0.500. The van der Waals surface area contributed by atoms with Gasteiger partial charge < -0.3 is 15.3 Å². The SMILES string of the molecule is O=C(O)[C@@H]1C=C[C@H](NC(=O)C23ON=C(c4cc(Cl)cc(Cl)c4)C2CCC32CCC2)C1. The summed E-state index contributed by atoms with van der Waals surface area (Å²) in [5.74, 6) is -1.84. The van der Waals surface area contributed by atoms with Crippen molar-refractivity contribution in [1.29, 1.82) is 0 Å². The van der Waals surface area contributed by atoms with Crippen molar-refractivity contribution in [3.05, 3.63) is 46.0 Å². The molecule has 8 heteroatoms. The van der Waals surface area contributed by atoms with E-state index >= 15 is 0 Å². The van der Waals surface area contributed by atoms with Crippen LogP contribution in [0.3, 0.4) is 0 Å². The molecule has 1 spiro atoms. The van der Waals surface area contributed by atoms with E-state index in [2.05, 4.69) is 10.5 Å². The summed E-state index contributed by atoms with van der Waals surface area (Å²) < 4.78 is 0. The summed E-state index contributed by atoms with van der Waals surface area (Å²) in [7, 11) is 0. The molecule has 1 amide bonds. The second kappa shape index (κ2) is 6.99. The van der Waals surface area contributed by atoms with Gasteiger partial charge in [0.25, 0.3) is 5.91 Å². The highest BCUT2D eigenvalue weighted by Gasteiger charge is 2.72. The molecule has 2 fully saturated rings. The molecule has 4 aliphatic rings. The molecule has 1 aliphatic heterocycles. The van der Waals surface area contributed by atoms with E-state index in [4.69, 9.17) is 28.0 Å². The number of benzene rings is 1. The lowest BCUT2D eigenvalue weighted by atomic mass is 9.58. The first kappa shape index (κ1) is 19.9. The third-order valence-electron chi connectivity index (χ3n) is 7.33. The maximum atomic E-state index is 13.7. The monoisotopic (exact) mass is 448 g/mol. The van der Waals surface area contributed by atoms with Gasteiger partial charge >= 0.3 is 5.97 Å². The molecular formula is C22H22Cl2N2O4. The molecule has 5 rings (SSSR count). The number of oxime groups is 1. The number of nitrogens with one attached hydrogen (secondary N) is 1. The number of amides is 1. The van der Waals surface area contributed by atoms with E-state index in [0.717, 1.165) is 37.7 Å².